The summed E-state index contributed by atoms with van der Waals surface area (Å²) in [6, 6.07) is 23.3. The van der Waals surface area contributed by atoms with Crippen molar-refractivity contribution < 1.29 is 14.3 Å². The highest BCUT2D eigenvalue weighted by atomic mass is 16.5. The maximum Gasteiger partial charge on any atom is 0.221 e. The van der Waals surface area contributed by atoms with Crippen LogP contribution < -0.4 is 14.8 Å². The van der Waals surface area contributed by atoms with Gasteiger partial charge in [-0.2, -0.15) is 0 Å². The molecule has 0 aliphatic heterocycles. The molecular formula is C26H24N4O3. The summed E-state index contributed by atoms with van der Waals surface area (Å²) in [5, 5.41) is 3.97. The number of fused-ring (bicyclic) bond motifs is 4. The lowest BCUT2D eigenvalue weighted by Crippen LogP contribution is -2.28. The molecule has 0 aliphatic carbocycles. The molecule has 7 nitrogen and oxygen atoms in total. The Labute approximate surface area is 191 Å². The third kappa shape index (κ3) is 4.30. The fourth-order valence-electron chi connectivity index (χ4n) is 3.94. The van der Waals surface area contributed by atoms with Crippen LogP contribution in [0.5, 0.6) is 11.5 Å². The van der Waals surface area contributed by atoms with Crippen LogP contribution in [-0.4, -0.2) is 40.7 Å². The SMILES string of the molecule is COc1ccc(OCCNC(=O)CCn2c3ccccc3c3nc4ccccc4nc32)cc1. The third-order valence-corrected chi connectivity index (χ3v) is 5.57. The lowest BCUT2D eigenvalue weighted by Gasteiger charge is -2.10. The van der Waals surface area contributed by atoms with Crippen molar-refractivity contribution in [1.29, 1.82) is 0 Å². The van der Waals surface area contributed by atoms with E-state index in [1.807, 2.05) is 72.8 Å². The smallest absolute Gasteiger partial charge is 0.221 e. The van der Waals surface area contributed by atoms with Crippen LogP contribution in [0, 0.1) is 0 Å². The number of carbonyl (C=O) groups excluding carboxylic acids is 1. The molecule has 1 amide bonds. The highest BCUT2D eigenvalue weighted by molar-refractivity contribution is 6.06. The number of nitrogens with one attached hydrogen (secondary N) is 1. The first kappa shape index (κ1) is 20.8. The molecule has 0 aliphatic rings. The second-order valence-corrected chi connectivity index (χ2v) is 7.68. The Morgan fingerprint density at radius 2 is 1.61 bits per heavy atom. The van der Waals surface area contributed by atoms with Gasteiger partial charge in [0.25, 0.3) is 0 Å². The second kappa shape index (κ2) is 9.16. The second-order valence-electron chi connectivity index (χ2n) is 7.68. The van der Waals surface area contributed by atoms with E-state index in [1.165, 1.54) is 0 Å². The standard InChI is InChI=1S/C26H24N4O3/c1-32-18-10-12-19(13-11-18)33-17-15-27-24(31)14-16-30-23-9-5-2-6-20(23)25-26(30)29-22-8-4-3-7-21(22)28-25/h2-13H,14-17H2,1H3,(H,27,31). The molecule has 1 N–H and O–H groups in total. The quantitative estimate of drug-likeness (QED) is 0.363. The maximum atomic E-state index is 12.5. The number of nitrogens with zero attached hydrogens (tertiary/aromatic N) is 3. The summed E-state index contributed by atoms with van der Waals surface area (Å²) in [6.07, 6.45) is 0.338. The third-order valence-electron chi connectivity index (χ3n) is 5.57. The number of ether oxygens (including phenoxy) is 2. The van der Waals surface area contributed by atoms with E-state index >= 15 is 0 Å². The maximum absolute atomic E-state index is 12.5. The van der Waals surface area contributed by atoms with Gasteiger partial charge in [-0.1, -0.05) is 30.3 Å². The summed E-state index contributed by atoms with van der Waals surface area (Å²) >= 11 is 0. The van der Waals surface area contributed by atoms with E-state index < -0.39 is 0 Å². The van der Waals surface area contributed by atoms with Crippen LogP contribution in [0.4, 0.5) is 0 Å². The molecule has 5 aromatic rings. The highest BCUT2D eigenvalue weighted by Crippen LogP contribution is 2.28. The zero-order valence-corrected chi connectivity index (χ0v) is 18.3. The molecule has 0 bridgehead atoms. The lowest BCUT2D eigenvalue weighted by molar-refractivity contribution is -0.121. The van der Waals surface area contributed by atoms with E-state index in [2.05, 4.69) is 9.88 Å². The fourth-order valence-corrected chi connectivity index (χ4v) is 3.94. The Morgan fingerprint density at radius 3 is 2.39 bits per heavy atom. The average molecular weight is 441 g/mol. The van der Waals surface area contributed by atoms with Crippen molar-refractivity contribution in [2.45, 2.75) is 13.0 Å². The molecular weight excluding hydrogens is 416 g/mol. The Balaban J connectivity index is 1.25. The van der Waals surface area contributed by atoms with Crippen molar-refractivity contribution in [1.82, 2.24) is 19.9 Å². The largest absolute Gasteiger partial charge is 0.497 e. The minimum atomic E-state index is -0.0342. The normalized spacial score (nSPS) is 11.2. The van der Waals surface area contributed by atoms with Gasteiger partial charge in [0, 0.05) is 18.4 Å². The number of amides is 1. The van der Waals surface area contributed by atoms with Gasteiger partial charge in [0.05, 0.1) is 30.2 Å². The number of carbonyl (C=O) groups is 1. The molecule has 166 valence electrons. The number of rotatable bonds is 8. The van der Waals surface area contributed by atoms with Crippen molar-refractivity contribution in [3.8, 4) is 11.5 Å². The predicted octanol–water partition coefficient (Wildman–Crippen LogP) is 4.33. The van der Waals surface area contributed by atoms with Gasteiger partial charge < -0.3 is 19.4 Å². The summed E-state index contributed by atoms with van der Waals surface area (Å²) in [5.74, 6) is 1.48. The van der Waals surface area contributed by atoms with Crippen LogP contribution in [0.2, 0.25) is 0 Å². The monoisotopic (exact) mass is 440 g/mol. The Kier molecular flexibility index (Phi) is 5.76. The zero-order valence-electron chi connectivity index (χ0n) is 18.3. The topological polar surface area (TPSA) is 78.3 Å². The van der Waals surface area contributed by atoms with Gasteiger partial charge in [0.1, 0.15) is 23.6 Å². The molecule has 2 aromatic heterocycles. The Hall–Kier alpha value is -4.13. The number of benzene rings is 3. The fraction of sp³-hybridized carbons (Fsp3) is 0.192. The number of hydrogen-bond donors (Lipinski definition) is 1. The van der Waals surface area contributed by atoms with Crippen LogP contribution >= 0.6 is 0 Å². The Bertz CT molecular complexity index is 1430. The summed E-state index contributed by atoms with van der Waals surface area (Å²) in [6.45, 7) is 1.34. The minimum absolute atomic E-state index is 0.0342. The molecule has 0 spiro atoms. The molecule has 0 atom stereocenters. The summed E-state index contributed by atoms with van der Waals surface area (Å²) < 4.78 is 12.9. The molecule has 33 heavy (non-hydrogen) atoms. The molecule has 3 aromatic carbocycles. The molecule has 2 heterocycles. The minimum Gasteiger partial charge on any atom is -0.497 e. The van der Waals surface area contributed by atoms with Crippen molar-refractivity contribution >= 4 is 39.0 Å². The van der Waals surface area contributed by atoms with Crippen LogP contribution in [0.1, 0.15) is 6.42 Å². The number of aromatic nitrogens is 3. The van der Waals surface area contributed by atoms with Crippen molar-refractivity contribution in [3.63, 3.8) is 0 Å². The average Bonchev–Trinajstić information content (AvgIpc) is 3.17. The molecule has 0 saturated heterocycles. The van der Waals surface area contributed by atoms with Crippen LogP contribution in [0.3, 0.4) is 0 Å². The number of aryl methyl sites for hydroxylation is 1. The highest BCUT2D eigenvalue weighted by Gasteiger charge is 2.15. The summed E-state index contributed by atoms with van der Waals surface area (Å²) in [7, 11) is 1.62. The summed E-state index contributed by atoms with van der Waals surface area (Å²) in [4.78, 5) is 22.2. The molecule has 7 heteroatoms. The van der Waals surface area contributed by atoms with E-state index in [0.717, 1.165) is 44.6 Å². The first-order valence-corrected chi connectivity index (χ1v) is 10.9. The van der Waals surface area contributed by atoms with Gasteiger partial charge >= 0.3 is 0 Å². The first-order valence-electron chi connectivity index (χ1n) is 10.9. The molecule has 5 rings (SSSR count). The van der Waals surface area contributed by atoms with Gasteiger partial charge in [-0.05, 0) is 42.5 Å². The molecule has 0 unspecified atom stereocenters. The van der Waals surface area contributed by atoms with Crippen molar-refractivity contribution in [2.75, 3.05) is 20.3 Å². The van der Waals surface area contributed by atoms with E-state index in [9.17, 15) is 4.79 Å². The molecule has 0 saturated carbocycles. The first-order chi connectivity index (χ1) is 16.2. The van der Waals surface area contributed by atoms with Crippen LogP contribution in [-0.2, 0) is 11.3 Å². The van der Waals surface area contributed by atoms with E-state index in [4.69, 9.17) is 19.4 Å². The number of para-hydroxylation sites is 3. The van der Waals surface area contributed by atoms with Gasteiger partial charge in [-0.25, -0.2) is 9.97 Å². The van der Waals surface area contributed by atoms with Crippen LogP contribution in [0.15, 0.2) is 72.8 Å². The van der Waals surface area contributed by atoms with Crippen LogP contribution in [0.25, 0.3) is 33.1 Å². The number of hydrogen-bond acceptors (Lipinski definition) is 5. The Morgan fingerprint density at radius 1 is 0.909 bits per heavy atom. The molecule has 0 fully saturated rings. The van der Waals surface area contributed by atoms with Gasteiger partial charge in [0.2, 0.25) is 5.91 Å². The van der Waals surface area contributed by atoms with Gasteiger partial charge in [0.15, 0.2) is 5.65 Å². The number of methoxy groups -OCH3 is 1. The van der Waals surface area contributed by atoms with Gasteiger partial charge in [-0.15, -0.1) is 0 Å². The lowest BCUT2D eigenvalue weighted by atomic mass is 10.2. The predicted molar refractivity (Wildman–Crippen MR) is 129 cm³/mol. The van der Waals surface area contributed by atoms with E-state index in [1.54, 1.807) is 7.11 Å². The van der Waals surface area contributed by atoms with E-state index in [-0.39, 0.29) is 5.91 Å². The van der Waals surface area contributed by atoms with Crippen molar-refractivity contribution in [2.24, 2.45) is 0 Å². The summed E-state index contributed by atoms with van der Waals surface area (Å²) in [5.41, 5.74) is 4.39. The van der Waals surface area contributed by atoms with E-state index in [0.29, 0.717) is 26.1 Å². The van der Waals surface area contributed by atoms with Crippen molar-refractivity contribution in [3.05, 3.63) is 72.8 Å². The molecule has 0 radical (unpaired) electrons. The zero-order chi connectivity index (χ0) is 22.6. The van der Waals surface area contributed by atoms with Gasteiger partial charge in [-0.3, -0.25) is 4.79 Å².